The number of thioether (sulfide) groups is 2. The van der Waals surface area contributed by atoms with Crippen LogP contribution < -0.4 is 10.1 Å². The van der Waals surface area contributed by atoms with E-state index in [0.717, 1.165) is 22.9 Å². The summed E-state index contributed by atoms with van der Waals surface area (Å²) < 4.78 is 25.2. The molecule has 0 bridgehead atoms. The van der Waals surface area contributed by atoms with Crippen molar-refractivity contribution in [2.75, 3.05) is 12.9 Å². The summed E-state index contributed by atoms with van der Waals surface area (Å²) in [7, 11) is 1.56. The van der Waals surface area contributed by atoms with Crippen LogP contribution in [0.5, 0.6) is 5.75 Å². The van der Waals surface area contributed by atoms with Gasteiger partial charge in [-0.1, -0.05) is 66.4 Å². The van der Waals surface area contributed by atoms with Gasteiger partial charge in [0.15, 0.2) is 0 Å². The van der Waals surface area contributed by atoms with E-state index in [9.17, 15) is 18.8 Å². The number of carbonyl (C=O) groups is 3. The maximum absolute atomic E-state index is 14.4. The summed E-state index contributed by atoms with van der Waals surface area (Å²) in [5, 5.41) is 2.34. The van der Waals surface area contributed by atoms with Crippen molar-refractivity contribution < 1.29 is 28.2 Å². The molecule has 0 spiro atoms. The first-order valence-electron chi connectivity index (χ1n) is 12.2. The minimum Gasteiger partial charge on any atom is -0.497 e. The van der Waals surface area contributed by atoms with Gasteiger partial charge in [0, 0.05) is 15.6 Å². The molecule has 200 valence electrons. The number of amides is 2. The number of carbonyl (C=O) groups excluding carboxylic acids is 3. The average Bonchev–Trinajstić information content (AvgIpc) is 2.96. The van der Waals surface area contributed by atoms with Crippen molar-refractivity contribution in [3.8, 4) is 5.75 Å². The minimum absolute atomic E-state index is 0.0128. The Labute approximate surface area is 233 Å². The zero-order valence-corrected chi connectivity index (χ0v) is 22.6. The standard InChI is InChI=1S/C29H25FN2O5S2/c1-36-20-13-11-19(12-14-20)16-37-29(35)26-23(39-22-10-6-5-9-21(22)30)17-38-28-25(27(34)32(26)28)31-24(33)15-18-7-3-2-4-8-18/h2-14,25,28H,15-17H2,1H3,(H,31,33)/t25-,28-/m1/s1. The zero-order chi connectivity index (χ0) is 27.4. The third-order valence-electron chi connectivity index (χ3n) is 6.25. The lowest BCUT2D eigenvalue weighted by atomic mass is 10.0. The number of hydrogen-bond acceptors (Lipinski definition) is 7. The van der Waals surface area contributed by atoms with E-state index in [1.54, 1.807) is 49.6 Å². The van der Waals surface area contributed by atoms with E-state index in [0.29, 0.717) is 21.3 Å². The number of rotatable bonds is 9. The van der Waals surface area contributed by atoms with Crippen molar-refractivity contribution in [3.63, 3.8) is 0 Å². The average molecular weight is 565 g/mol. The highest BCUT2D eigenvalue weighted by molar-refractivity contribution is 8.06. The Morgan fingerprint density at radius 1 is 1.03 bits per heavy atom. The van der Waals surface area contributed by atoms with E-state index in [2.05, 4.69) is 5.32 Å². The number of benzene rings is 3. The summed E-state index contributed by atoms with van der Waals surface area (Å²) >= 11 is 2.51. The van der Waals surface area contributed by atoms with Crippen molar-refractivity contribution in [1.29, 1.82) is 0 Å². The van der Waals surface area contributed by atoms with E-state index < -0.39 is 29.1 Å². The molecule has 5 rings (SSSR count). The normalized spacial score (nSPS) is 18.2. The molecule has 1 saturated heterocycles. The molecule has 0 saturated carbocycles. The quantitative estimate of drug-likeness (QED) is 0.302. The van der Waals surface area contributed by atoms with Gasteiger partial charge < -0.3 is 14.8 Å². The fraction of sp³-hybridized carbons (Fsp3) is 0.207. The topological polar surface area (TPSA) is 84.9 Å². The summed E-state index contributed by atoms with van der Waals surface area (Å²) in [6, 6.07) is 21.8. The zero-order valence-electron chi connectivity index (χ0n) is 21.0. The van der Waals surface area contributed by atoms with Crippen molar-refractivity contribution >= 4 is 41.3 Å². The molecule has 39 heavy (non-hydrogen) atoms. The molecular formula is C29H25FN2O5S2. The molecule has 3 aromatic rings. The van der Waals surface area contributed by atoms with Gasteiger partial charge >= 0.3 is 5.97 Å². The first-order chi connectivity index (χ1) is 18.9. The van der Waals surface area contributed by atoms with Gasteiger partial charge in [0.2, 0.25) is 5.91 Å². The van der Waals surface area contributed by atoms with E-state index in [4.69, 9.17) is 9.47 Å². The van der Waals surface area contributed by atoms with Crippen LogP contribution in [0.1, 0.15) is 11.1 Å². The Morgan fingerprint density at radius 3 is 2.46 bits per heavy atom. The molecule has 3 aromatic carbocycles. The van der Waals surface area contributed by atoms with E-state index in [1.165, 1.54) is 22.7 Å². The smallest absolute Gasteiger partial charge is 0.356 e. The number of esters is 1. The largest absolute Gasteiger partial charge is 0.497 e. The number of nitrogens with zero attached hydrogens (tertiary/aromatic N) is 1. The highest BCUT2D eigenvalue weighted by Crippen LogP contribution is 2.45. The summed E-state index contributed by atoms with van der Waals surface area (Å²) in [5.41, 5.74) is 1.66. The fourth-order valence-electron chi connectivity index (χ4n) is 4.26. The first kappa shape index (κ1) is 26.8. The third kappa shape index (κ3) is 5.97. The van der Waals surface area contributed by atoms with Crippen LogP contribution in [0.4, 0.5) is 4.39 Å². The number of ether oxygens (including phenoxy) is 2. The Balaban J connectivity index is 1.34. The van der Waals surface area contributed by atoms with Crippen LogP contribution in [0.25, 0.3) is 0 Å². The molecule has 2 atom stereocenters. The molecule has 0 unspecified atom stereocenters. The summed E-state index contributed by atoms with van der Waals surface area (Å²) in [5.74, 6) is -0.761. The van der Waals surface area contributed by atoms with Gasteiger partial charge in [-0.05, 0) is 35.4 Å². The lowest BCUT2D eigenvalue weighted by Crippen LogP contribution is -2.70. The number of β-lactam (4-membered cyclic amide) rings is 1. The second-order valence-electron chi connectivity index (χ2n) is 8.85. The van der Waals surface area contributed by atoms with Gasteiger partial charge in [0.05, 0.1) is 13.5 Å². The number of fused-ring (bicyclic) bond motifs is 1. The second kappa shape index (κ2) is 12.0. The fourth-order valence-corrected chi connectivity index (χ4v) is 6.75. The number of halogens is 1. The molecule has 7 nitrogen and oxygen atoms in total. The molecule has 0 aromatic heterocycles. The van der Waals surface area contributed by atoms with Crippen molar-refractivity contribution in [2.24, 2.45) is 0 Å². The van der Waals surface area contributed by atoms with Gasteiger partial charge in [-0.2, -0.15) is 0 Å². The van der Waals surface area contributed by atoms with E-state index >= 15 is 0 Å². The maximum atomic E-state index is 14.4. The SMILES string of the molecule is COc1ccc(COC(=O)C2=C(Sc3ccccc3F)CS[C@@H]3[C@H](NC(=O)Cc4ccccc4)C(=O)N23)cc1. The first-order valence-corrected chi connectivity index (χ1v) is 14.0. The van der Waals surface area contributed by atoms with Gasteiger partial charge in [-0.25, -0.2) is 9.18 Å². The van der Waals surface area contributed by atoms with Gasteiger partial charge in [-0.3, -0.25) is 14.5 Å². The van der Waals surface area contributed by atoms with Crippen molar-refractivity contribution in [3.05, 3.63) is 106 Å². The molecule has 2 amide bonds. The Morgan fingerprint density at radius 2 is 1.74 bits per heavy atom. The predicted molar refractivity (Wildman–Crippen MR) is 147 cm³/mol. The van der Waals surface area contributed by atoms with E-state index in [-0.39, 0.29) is 24.6 Å². The summed E-state index contributed by atoms with van der Waals surface area (Å²) in [6.07, 6.45) is 0.142. The number of hydrogen-bond donors (Lipinski definition) is 1. The molecule has 2 heterocycles. The lowest BCUT2D eigenvalue weighted by molar-refractivity contribution is -0.153. The third-order valence-corrected chi connectivity index (χ3v) is 8.85. The van der Waals surface area contributed by atoms with Crippen molar-refractivity contribution in [1.82, 2.24) is 10.2 Å². The molecule has 10 heteroatoms. The molecular weight excluding hydrogens is 539 g/mol. The summed E-state index contributed by atoms with van der Waals surface area (Å²) in [4.78, 5) is 41.5. The van der Waals surface area contributed by atoms with Crippen LogP contribution in [-0.2, 0) is 32.1 Å². The highest BCUT2D eigenvalue weighted by Gasteiger charge is 2.54. The lowest BCUT2D eigenvalue weighted by Gasteiger charge is -2.49. The molecule has 0 aliphatic carbocycles. The Bertz CT molecular complexity index is 1410. The van der Waals surface area contributed by atoms with Crippen molar-refractivity contribution in [2.45, 2.75) is 29.3 Å². The Kier molecular flexibility index (Phi) is 8.23. The second-order valence-corrected chi connectivity index (χ2v) is 11.1. The van der Waals surface area contributed by atoms with Crippen LogP contribution in [0.15, 0.2) is 94.4 Å². The van der Waals surface area contributed by atoms with Gasteiger partial charge in [-0.15, -0.1) is 11.8 Å². The van der Waals surface area contributed by atoms with Crippen LogP contribution in [0.3, 0.4) is 0 Å². The number of methoxy groups -OCH3 is 1. The monoisotopic (exact) mass is 564 g/mol. The molecule has 2 aliphatic heterocycles. The number of nitrogens with one attached hydrogen (secondary N) is 1. The van der Waals surface area contributed by atoms with Gasteiger partial charge in [0.1, 0.15) is 35.3 Å². The highest BCUT2D eigenvalue weighted by atomic mass is 32.2. The van der Waals surface area contributed by atoms with E-state index in [1.807, 2.05) is 30.3 Å². The molecule has 1 fully saturated rings. The Hall–Kier alpha value is -3.76. The van der Waals surface area contributed by atoms with Crippen LogP contribution in [-0.4, -0.2) is 47.0 Å². The van der Waals surface area contributed by atoms with Gasteiger partial charge in [0.25, 0.3) is 5.91 Å². The summed E-state index contributed by atoms with van der Waals surface area (Å²) in [6.45, 7) is -0.0128. The van der Waals surface area contributed by atoms with Crippen LogP contribution >= 0.6 is 23.5 Å². The van der Waals surface area contributed by atoms with Crippen LogP contribution in [0, 0.1) is 5.82 Å². The minimum atomic E-state index is -0.768. The predicted octanol–water partition coefficient (Wildman–Crippen LogP) is 4.52. The van der Waals surface area contributed by atoms with Crippen LogP contribution in [0.2, 0.25) is 0 Å². The molecule has 1 N–H and O–H groups in total. The maximum Gasteiger partial charge on any atom is 0.356 e. The molecule has 0 radical (unpaired) electrons. The molecule has 2 aliphatic rings.